The van der Waals surface area contributed by atoms with E-state index in [1.807, 2.05) is 13.8 Å². The molecule has 82 valence electrons. The molecule has 0 spiro atoms. The predicted molar refractivity (Wildman–Crippen MR) is 60.5 cm³/mol. The van der Waals surface area contributed by atoms with E-state index in [1.165, 1.54) is 0 Å². The second kappa shape index (κ2) is 4.43. The quantitative estimate of drug-likeness (QED) is 0.405. The number of allylic oxidation sites excluding steroid dienone is 2. The topological polar surface area (TPSA) is 38.7 Å². The fourth-order valence-electron chi connectivity index (χ4n) is 1.41. The van der Waals surface area contributed by atoms with E-state index < -0.39 is 0 Å². The van der Waals surface area contributed by atoms with Crippen LogP contribution in [0, 0.1) is 5.92 Å². The Kier molecular flexibility index (Phi) is 3.45. The van der Waals surface area contributed by atoms with E-state index in [2.05, 4.69) is 18.5 Å². The normalized spacial score (nSPS) is 20.8. The molecule has 1 rings (SSSR count). The van der Waals surface area contributed by atoms with Crippen molar-refractivity contribution < 1.29 is 9.53 Å². The van der Waals surface area contributed by atoms with Gasteiger partial charge >= 0.3 is 5.97 Å². The van der Waals surface area contributed by atoms with Crippen molar-refractivity contribution in [3.63, 3.8) is 0 Å². The van der Waals surface area contributed by atoms with Crippen molar-refractivity contribution in [3.05, 3.63) is 23.4 Å². The number of esters is 1. The Bertz CT molecular complexity index is 364. The van der Waals surface area contributed by atoms with E-state index in [0.29, 0.717) is 17.5 Å². The molecule has 0 saturated heterocycles. The number of carbonyl (C=O) groups excluding carboxylic acids is 1. The fraction of sp³-hybridized carbons (Fsp3) is 0.500. The van der Waals surface area contributed by atoms with Crippen LogP contribution in [0.1, 0.15) is 34.1 Å². The van der Waals surface area contributed by atoms with Crippen molar-refractivity contribution in [2.24, 2.45) is 10.9 Å². The molecule has 1 aliphatic heterocycles. The number of aliphatic imine (C=N–C) groups is 1. The van der Waals surface area contributed by atoms with Crippen LogP contribution in [0.2, 0.25) is 0 Å². The molecule has 3 nitrogen and oxygen atoms in total. The highest BCUT2D eigenvalue weighted by molar-refractivity contribution is 6.04. The van der Waals surface area contributed by atoms with Crippen LogP contribution in [0.3, 0.4) is 0 Å². The van der Waals surface area contributed by atoms with E-state index in [0.717, 1.165) is 17.6 Å². The third kappa shape index (κ3) is 2.78. The minimum Gasteiger partial charge on any atom is -0.407 e. The van der Waals surface area contributed by atoms with Crippen LogP contribution in [0.4, 0.5) is 0 Å². The number of carbonyl (C=O) groups is 1. The Hall–Kier alpha value is -1.38. The van der Waals surface area contributed by atoms with E-state index in [9.17, 15) is 4.79 Å². The summed E-state index contributed by atoms with van der Waals surface area (Å²) in [7, 11) is 0. The van der Waals surface area contributed by atoms with Gasteiger partial charge in [-0.1, -0.05) is 19.1 Å². The Labute approximate surface area is 90.5 Å². The molecule has 0 aromatic carbocycles. The average Bonchev–Trinajstić information content (AvgIpc) is 2.44. The largest absolute Gasteiger partial charge is 0.407 e. The maximum absolute atomic E-state index is 11.4. The van der Waals surface area contributed by atoms with Gasteiger partial charge in [-0.25, -0.2) is 9.79 Å². The molecule has 0 N–H and O–H groups in total. The maximum atomic E-state index is 11.4. The zero-order valence-electron chi connectivity index (χ0n) is 9.76. The van der Waals surface area contributed by atoms with Crippen LogP contribution < -0.4 is 0 Å². The molecule has 1 aliphatic rings. The molecule has 0 aromatic heterocycles. The molecule has 0 bridgehead atoms. The molecule has 1 heterocycles. The molecule has 0 amide bonds. The lowest BCUT2D eigenvalue weighted by molar-refractivity contribution is -0.130. The molecule has 0 radical (unpaired) electrons. The summed E-state index contributed by atoms with van der Waals surface area (Å²) in [6.07, 6.45) is 0.802. The van der Waals surface area contributed by atoms with Gasteiger partial charge in [0, 0.05) is 6.92 Å². The summed E-state index contributed by atoms with van der Waals surface area (Å²) < 4.78 is 4.87. The van der Waals surface area contributed by atoms with Crippen LogP contribution in [-0.2, 0) is 9.53 Å². The minimum atomic E-state index is -0.334. The monoisotopic (exact) mass is 207 g/mol. The number of ether oxygens (including phenoxy) is 1. The van der Waals surface area contributed by atoms with Crippen molar-refractivity contribution in [1.82, 2.24) is 0 Å². The average molecular weight is 207 g/mol. The van der Waals surface area contributed by atoms with Gasteiger partial charge in [0.2, 0.25) is 0 Å². The van der Waals surface area contributed by atoms with Crippen molar-refractivity contribution in [2.45, 2.75) is 34.1 Å². The molecular weight excluding hydrogens is 190 g/mol. The summed E-state index contributed by atoms with van der Waals surface area (Å²) in [5.74, 6) is 0.456. The van der Waals surface area contributed by atoms with Gasteiger partial charge in [-0.3, -0.25) is 0 Å². The van der Waals surface area contributed by atoms with Crippen molar-refractivity contribution in [2.75, 3.05) is 0 Å². The number of nitrogens with zero attached hydrogens (tertiary/aromatic N) is 1. The second-order valence-electron chi connectivity index (χ2n) is 4.10. The van der Waals surface area contributed by atoms with E-state index in [1.54, 1.807) is 6.92 Å². The Morgan fingerprint density at radius 1 is 1.53 bits per heavy atom. The first-order valence-corrected chi connectivity index (χ1v) is 5.04. The SMILES string of the molecule is C=C(C)C(C)CC(C)=C1N=C(C)OC1=O. The molecule has 1 atom stereocenters. The lowest BCUT2D eigenvalue weighted by Crippen LogP contribution is -2.04. The van der Waals surface area contributed by atoms with Gasteiger partial charge in [0.05, 0.1) is 0 Å². The Morgan fingerprint density at radius 3 is 2.53 bits per heavy atom. The third-order valence-corrected chi connectivity index (χ3v) is 2.56. The van der Waals surface area contributed by atoms with Crippen LogP contribution >= 0.6 is 0 Å². The van der Waals surface area contributed by atoms with Gasteiger partial charge < -0.3 is 4.74 Å². The van der Waals surface area contributed by atoms with Gasteiger partial charge in [-0.15, -0.1) is 0 Å². The molecule has 3 heteroatoms. The zero-order chi connectivity index (χ0) is 11.6. The summed E-state index contributed by atoms with van der Waals surface area (Å²) in [5.41, 5.74) is 2.54. The van der Waals surface area contributed by atoms with Crippen LogP contribution in [0.5, 0.6) is 0 Å². The number of hydrogen-bond donors (Lipinski definition) is 0. The Balaban J connectivity index is 2.82. The maximum Gasteiger partial charge on any atom is 0.363 e. The van der Waals surface area contributed by atoms with Gasteiger partial charge in [0.25, 0.3) is 0 Å². The summed E-state index contributed by atoms with van der Waals surface area (Å²) in [6, 6.07) is 0. The first-order valence-electron chi connectivity index (χ1n) is 5.04. The molecule has 15 heavy (non-hydrogen) atoms. The standard InChI is InChI=1S/C12H17NO2/c1-7(2)8(3)6-9(4)11-12(14)15-10(5)13-11/h8H,1,6H2,2-5H3. The van der Waals surface area contributed by atoms with E-state index >= 15 is 0 Å². The second-order valence-corrected chi connectivity index (χ2v) is 4.10. The van der Waals surface area contributed by atoms with Crippen molar-refractivity contribution >= 4 is 11.9 Å². The first-order chi connectivity index (χ1) is 6.91. The van der Waals surface area contributed by atoms with Crippen molar-refractivity contribution in [1.29, 1.82) is 0 Å². The van der Waals surface area contributed by atoms with Gasteiger partial charge in [-0.05, 0) is 31.8 Å². The first kappa shape index (κ1) is 11.7. The highest BCUT2D eigenvalue weighted by Crippen LogP contribution is 2.23. The molecule has 1 unspecified atom stereocenters. The van der Waals surface area contributed by atoms with Crippen LogP contribution in [0.15, 0.2) is 28.4 Å². The summed E-state index contributed by atoms with van der Waals surface area (Å²) >= 11 is 0. The van der Waals surface area contributed by atoms with Crippen LogP contribution in [-0.4, -0.2) is 11.9 Å². The number of cyclic esters (lactones) is 1. The Morgan fingerprint density at radius 2 is 2.13 bits per heavy atom. The highest BCUT2D eigenvalue weighted by atomic mass is 16.6. The molecule has 0 saturated carbocycles. The smallest absolute Gasteiger partial charge is 0.363 e. The molecule has 0 aliphatic carbocycles. The summed E-state index contributed by atoms with van der Waals surface area (Å²) in [4.78, 5) is 15.4. The third-order valence-electron chi connectivity index (χ3n) is 2.56. The van der Waals surface area contributed by atoms with E-state index in [-0.39, 0.29) is 5.97 Å². The minimum absolute atomic E-state index is 0.334. The fourth-order valence-corrected chi connectivity index (χ4v) is 1.41. The summed E-state index contributed by atoms with van der Waals surface area (Å²) in [5, 5.41) is 0. The number of rotatable bonds is 3. The number of hydrogen-bond acceptors (Lipinski definition) is 3. The lowest BCUT2D eigenvalue weighted by atomic mass is 9.95. The van der Waals surface area contributed by atoms with Crippen molar-refractivity contribution in [3.8, 4) is 0 Å². The predicted octanol–water partition coefficient (Wildman–Crippen LogP) is 2.84. The van der Waals surface area contributed by atoms with Gasteiger partial charge in [-0.2, -0.15) is 0 Å². The zero-order valence-corrected chi connectivity index (χ0v) is 9.76. The molecule has 0 fully saturated rings. The van der Waals surface area contributed by atoms with Gasteiger partial charge in [0.15, 0.2) is 11.6 Å². The van der Waals surface area contributed by atoms with Gasteiger partial charge in [0.1, 0.15) is 0 Å². The lowest BCUT2D eigenvalue weighted by Gasteiger charge is -2.11. The molecule has 0 aromatic rings. The van der Waals surface area contributed by atoms with Crippen LogP contribution in [0.25, 0.3) is 0 Å². The highest BCUT2D eigenvalue weighted by Gasteiger charge is 2.22. The summed E-state index contributed by atoms with van der Waals surface area (Å²) in [6.45, 7) is 11.6. The van der Waals surface area contributed by atoms with E-state index in [4.69, 9.17) is 4.74 Å². The molecular formula is C12H17NO2.